The molecule has 0 fully saturated rings. The Balaban J connectivity index is 0.00000151. The van der Waals surface area contributed by atoms with Crippen molar-refractivity contribution in [3.63, 3.8) is 0 Å². The Bertz CT molecular complexity index is 703. The molecule has 2 aromatic carbocycles. The minimum absolute atomic E-state index is 0.0921. The van der Waals surface area contributed by atoms with Gasteiger partial charge in [-0.05, 0) is 26.2 Å². The van der Waals surface area contributed by atoms with Crippen molar-refractivity contribution in [1.29, 1.82) is 0 Å². The molecule has 7 nitrogen and oxygen atoms in total. The van der Waals surface area contributed by atoms with Crippen molar-refractivity contribution >= 4 is 17.2 Å². The molecule has 0 amide bonds. The van der Waals surface area contributed by atoms with Crippen LogP contribution >= 0.6 is 0 Å². The van der Waals surface area contributed by atoms with Crippen LogP contribution in [0.5, 0.6) is 0 Å². The van der Waals surface area contributed by atoms with Crippen LogP contribution in [0.1, 0.15) is 15.9 Å². The largest absolute Gasteiger partial charge is 0.400 e. The van der Waals surface area contributed by atoms with Crippen molar-refractivity contribution in [2.45, 2.75) is 0 Å². The number of nitrogens with one attached hydrogen (secondary N) is 1. The molecule has 0 unspecified atom stereocenters. The number of likely N-dealkylation sites (N-methyl/N-ethyl adjacent to an activating group) is 1. The minimum Gasteiger partial charge on any atom is -0.400 e. The Hall–Kier alpha value is -2.77. The predicted molar refractivity (Wildman–Crippen MR) is 98.2 cm³/mol. The highest BCUT2D eigenvalue weighted by molar-refractivity contribution is 6.09. The number of rotatable bonds is 7. The van der Waals surface area contributed by atoms with E-state index in [2.05, 4.69) is 5.32 Å². The third kappa shape index (κ3) is 5.98. The van der Waals surface area contributed by atoms with Gasteiger partial charge in [0.15, 0.2) is 5.78 Å². The van der Waals surface area contributed by atoms with E-state index in [1.165, 1.54) is 6.07 Å². The number of benzene rings is 2. The summed E-state index contributed by atoms with van der Waals surface area (Å²) in [5.74, 6) is -0.228. The van der Waals surface area contributed by atoms with Crippen LogP contribution in [0.15, 0.2) is 48.5 Å². The molecule has 0 aromatic heterocycles. The van der Waals surface area contributed by atoms with E-state index in [4.69, 9.17) is 5.11 Å². The lowest BCUT2D eigenvalue weighted by Crippen LogP contribution is -2.21. The molecule has 2 rings (SSSR count). The molecular weight excluding hydrogens is 322 g/mol. The smallest absolute Gasteiger partial charge is 0.293 e. The summed E-state index contributed by atoms with van der Waals surface area (Å²) in [6.45, 7) is 1.33. The fraction of sp³-hybridized carbons (Fsp3) is 0.278. The first-order valence-electron chi connectivity index (χ1n) is 7.70. The topological polar surface area (TPSA) is 95.7 Å². The van der Waals surface area contributed by atoms with E-state index >= 15 is 0 Å². The van der Waals surface area contributed by atoms with Gasteiger partial charge in [0.05, 0.1) is 4.92 Å². The maximum atomic E-state index is 12.4. The molecule has 7 heteroatoms. The number of ketones is 1. The van der Waals surface area contributed by atoms with Crippen LogP contribution in [0, 0.1) is 10.1 Å². The lowest BCUT2D eigenvalue weighted by Gasteiger charge is -2.12. The van der Waals surface area contributed by atoms with Gasteiger partial charge in [-0.25, -0.2) is 0 Å². The van der Waals surface area contributed by atoms with E-state index < -0.39 is 4.92 Å². The maximum absolute atomic E-state index is 12.4. The fourth-order valence-corrected chi connectivity index (χ4v) is 2.14. The second-order valence-electron chi connectivity index (χ2n) is 5.41. The monoisotopic (exact) mass is 345 g/mol. The highest BCUT2D eigenvalue weighted by Gasteiger charge is 2.18. The Kier molecular flexibility index (Phi) is 8.25. The van der Waals surface area contributed by atoms with E-state index in [9.17, 15) is 14.9 Å². The number of carbonyl (C=O) groups is 1. The first kappa shape index (κ1) is 20.3. The van der Waals surface area contributed by atoms with E-state index in [-0.39, 0.29) is 11.5 Å². The molecule has 0 saturated carbocycles. The van der Waals surface area contributed by atoms with Crippen LogP contribution in [-0.2, 0) is 0 Å². The summed E-state index contributed by atoms with van der Waals surface area (Å²) in [6.07, 6.45) is 0. The fourth-order valence-electron chi connectivity index (χ4n) is 2.14. The zero-order valence-corrected chi connectivity index (χ0v) is 14.6. The molecular formula is C18H23N3O4. The predicted octanol–water partition coefficient (Wildman–Crippen LogP) is 2.41. The van der Waals surface area contributed by atoms with Crippen molar-refractivity contribution in [3.8, 4) is 0 Å². The Morgan fingerprint density at radius 2 is 1.76 bits per heavy atom. The van der Waals surface area contributed by atoms with Gasteiger partial charge in [0.25, 0.3) is 5.69 Å². The van der Waals surface area contributed by atoms with Gasteiger partial charge in [-0.1, -0.05) is 30.3 Å². The second-order valence-corrected chi connectivity index (χ2v) is 5.41. The number of nitrogens with zero attached hydrogens (tertiary/aromatic N) is 2. The number of aliphatic hydroxyl groups is 1. The van der Waals surface area contributed by atoms with Crippen LogP contribution in [0.3, 0.4) is 0 Å². The van der Waals surface area contributed by atoms with E-state index in [0.29, 0.717) is 23.4 Å². The SMILES string of the molecule is CN(C)CCNc1ccc(C(=O)c2ccccc2)cc1[N+](=O)[O-].CO. The molecule has 134 valence electrons. The molecule has 2 N–H and O–H groups in total. The van der Waals surface area contributed by atoms with Crippen molar-refractivity contribution in [2.24, 2.45) is 0 Å². The third-order valence-corrected chi connectivity index (χ3v) is 3.37. The van der Waals surface area contributed by atoms with Crippen LogP contribution in [0.25, 0.3) is 0 Å². The molecule has 0 spiro atoms. The van der Waals surface area contributed by atoms with E-state index in [1.54, 1.807) is 36.4 Å². The molecule has 25 heavy (non-hydrogen) atoms. The molecule has 0 aliphatic carbocycles. The highest BCUT2D eigenvalue weighted by atomic mass is 16.6. The third-order valence-electron chi connectivity index (χ3n) is 3.37. The Labute approximate surface area is 147 Å². The van der Waals surface area contributed by atoms with Crippen molar-refractivity contribution < 1.29 is 14.8 Å². The zero-order chi connectivity index (χ0) is 18.8. The van der Waals surface area contributed by atoms with Gasteiger partial charge in [0.2, 0.25) is 0 Å². The average Bonchev–Trinajstić information content (AvgIpc) is 2.63. The molecule has 0 heterocycles. The summed E-state index contributed by atoms with van der Waals surface area (Å²) in [4.78, 5) is 25.2. The van der Waals surface area contributed by atoms with Gasteiger partial charge < -0.3 is 15.3 Å². The lowest BCUT2D eigenvalue weighted by atomic mass is 10.0. The molecule has 2 aromatic rings. The Morgan fingerprint density at radius 1 is 1.12 bits per heavy atom. The molecule has 0 aliphatic rings. The van der Waals surface area contributed by atoms with Gasteiger partial charge in [-0.15, -0.1) is 0 Å². The molecule has 0 atom stereocenters. The van der Waals surface area contributed by atoms with Gasteiger partial charge >= 0.3 is 0 Å². The number of aliphatic hydroxyl groups excluding tert-OH is 1. The molecule has 0 saturated heterocycles. The summed E-state index contributed by atoms with van der Waals surface area (Å²) in [5.41, 5.74) is 1.14. The lowest BCUT2D eigenvalue weighted by molar-refractivity contribution is -0.384. The van der Waals surface area contributed by atoms with Crippen molar-refractivity contribution in [2.75, 3.05) is 39.6 Å². The van der Waals surface area contributed by atoms with Gasteiger partial charge in [0, 0.05) is 37.4 Å². The number of hydrogen-bond acceptors (Lipinski definition) is 6. The van der Waals surface area contributed by atoms with Crippen LogP contribution < -0.4 is 5.32 Å². The van der Waals surface area contributed by atoms with Gasteiger partial charge in [-0.3, -0.25) is 14.9 Å². The molecule has 0 radical (unpaired) electrons. The molecule has 0 aliphatic heterocycles. The zero-order valence-electron chi connectivity index (χ0n) is 14.6. The standard InChI is InChI=1S/C17H19N3O3.CH4O/c1-19(2)11-10-18-15-9-8-14(12-16(15)20(22)23)17(21)13-6-4-3-5-7-13;1-2/h3-9,12,18H,10-11H2,1-2H3;2H,1H3. The maximum Gasteiger partial charge on any atom is 0.293 e. The summed E-state index contributed by atoms with van der Waals surface area (Å²) < 4.78 is 0. The van der Waals surface area contributed by atoms with E-state index in [1.807, 2.05) is 25.1 Å². The summed E-state index contributed by atoms with van der Waals surface area (Å²) in [5, 5.41) is 21.3. The van der Waals surface area contributed by atoms with Crippen molar-refractivity contribution in [3.05, 3.63) is 69.8 Å². The van der Waals surface area contributed by atoms with Crippen LogP contribution in [-0.4, -0.2) is 55.0 Å². The van der Waals surface area contributed by atoms with Crippen LogP contribution in [0.2, 0.25) is 0 Å². The normalized spacial score (nSPS) is 9.96. The number of carbonyl (C=O) groups excluding carboxylic acids is 1. The molecule has 0 bridgehead atoms. The second kappa shape index (κ2) is 10.2. The van der Waals surface area contributed by atoms with Gasteiger partial charge in [0.1, 0.15) is 5.69 Å². The first-order valence-corrected chi connectivity index (χ1v) is 7.70. The number of anilines is 1. The van der Waals surface area contributed by atoms with Gasteiger partial charge in [-0.2, -0.15) is 0 Å². The number of nitro groups is 1. The highest BCUT2D eigenvalue weighted by Crippen LogP contribution is 2.26. The first-order chi connectivity index (χ1) is 12.0. The number of nitro benzene ring substituents is 1. The van der Waals surface area contributed by atoms with Crippen LogP contribution in [0.4, 0.5) is 11.4 Å². The summed E-state index contributed by atoms with van der Waals surface area (Å²) in [7, 11) is 4.86. The van der Waals surface area contributed by atoms with Crippen molar-refractivity contribution in [1.82, 2.24) is 4.90 Å². The van der Waals surface area contributed by atoms with E-state index in [0.717, 1.165) is 13.7 Å². The summed E-state index contributed by atoms with van der Waals surface area (Å²) in [6, 6.07) is 13.3. The quantitative estimate of drug-likeness (QED) is 0.454. The number of hydrogen-bond donors (Lipinski definition) is 2. The Morgan fingerprint density at radius 3 is 2.32 bits per heavy atom. The minimum atomic E-state index is -0.472. The summed E-state index contributed by atoms with van der Waals surface area (Å²) >= 11 is 0. The average molecular weight is 345 g/mol.